The lowest BCUT2D eigenvalue weighted by molar-refractivity contribution is 0.388. The molecule has 0 amide bonds. The molecule has 4 heteroatoms. The summed E-state index contributed by atoms with van der Waals surface area (Å²) in [5.74, 6) is 1.64. The van der Waals surface area contributed by atoms with E-state index in [2.05, 4.69) is 0 Å². The Balaban J connectivity index is 3.25. The largest absolute Gasteiger partial charge is 0.496 e. The van der Waals surface area contributed by atoms with Gasteiger partial charge in [-0.15, -0.1) is 11.6 Å². The molecule has 0 spiro atoms. The number of methoxy groups -OCH3 is 2. The van der Waals surface area contributed by atoms with Crippen LogP contribution in [0.1, 0.15) is 5.56 Å². The summed E-state index contributed by atoms with van der Waals surface area (Å²) < 4.78 is 10.2. The van der Waals surface area contributed by atoms with Gasteiger partial charge >= 0.3 is 0 Å². The molecule has 0 bridgehead atoms. The third-order valence-electron chi connectivity index (χ3n) is 1.71. The Morgan fingerprint density at radius 1 is 1.15 bits per heavy atom. The van der Waals surface area contributed by atoms with E-state index in [-0.39, 0.29) is 0 Å². The molecule has 0 saturated heterocycles. The predicted molar refractivity (Wildman–Crippen MR) is 54.1 cm³/mol. The van der Waals surface area contributed by atoms with Crippen LogP contribution >= 0.6 is 23.2 Å². The lowest BCUT2D eigenvalue weighted by Crippen LogP contribution is -1.94. The first-order valence-corrected chi connectivity index (χ1v) is 4.60. The fourth-order valence-corrected chi connectivity index (χ4v) is 1.55. The van der Waals surface area contributed by atoms with Gasteiger partial charge in [-0.05, 0) is 12.1 Å². The second-order valence-corrected chi connectivity index (χ2v) is 3.13. The summed E-state index contributed by atoms with van der Waals surface area (Å²) in [5, 5.41) is 0.572. The third kappa shape index (κ3) is 2.20. The van der Waals surface area contributed by atoms with Crippen LogP contribution in [0.15, 0.2) is 12.1 Å². The highest BCUT2D eigenvalue weighted by Gasteiger charge is 2.10. The molecule has 0 aliphatic carbocycles. The first-order chi connectivity index (χ1) is 6.22. The predicted octanol–water partition coefficient (Wildman–Crippen LogP) is 3.10. The van der Waals surface area contributed by atoms with E-state index in [4.69, 9.17) is 32.7 Å². The lowest BCUT2D eigenvalue weighted by Gasteiger charge is -2.11. The average Bonchev–Trinajstić information content (AvgIpc) is 2.16. The van der Waals surface area contributed by atoms with Crippen molar-refractivity contribution in [2.24, 2.45) is 0 Å². The van der Waals surface area contributed by atoms with Crippen LogP contribution in [-0.4, -0.2) is 14.2 Å². The van der Waals surface area contributed by atoms with E-state index < -0.39 is 0 Å². The Labute approximate surface area is 87.4 Å². The molecule has 0 radical (unpaired) electrons. The highest BCUT2D eigenvalue weighted by atomic mass is 35.5. The van der Waals surface area contributed by atoms with Crippen molar-refractivity contribution >= 4 is 23.2 Å². The molecule has 1 aromatic rings. The molecule has 0 atom stereocenters. The Hall–Kier alpha value is -0.600. The fraction of sp³-hybridized carbons (Fsp3) is 0.333. The Kier molecular flexibility index (Phi) is 3.70. The van der Waals surface area contributed by atoms with E-state index in [0.29, 0.717) is 22.4 Å². The van der Waals surface area contributed by atoms with Crippen LogP contribution in [0.5, 0.6) is 11.5 Å². The molecule has 0 saturated carbocycles. The van der Waals surface area contributed by atoms with Crippen molar-refractivity contribution in [3.8, 4) is 11.5 Å². The smallest absolute Gasteiger partial charge is 0.128 e. The van der Waals surface area contributed by atoms with Gasteiger partial charge in [0.2, 0.25) is 0 Å². The topological polar surface area (TPSA) is 18.5 Å². The van der Waals surface area contributed by atoms with Crippen molar-refractivity contribution < 1.29 is 9.47 Å². The molecule has 0 aliphatic heterocycles. The standard InChI is InChI=1S/C9H10Cl2O2/c1-12-8-3-6(11)4-9(13-2)7(8)5-10/h3-4H,5H2,1-2H3. The summed E-state index contributed by atoms with van der Waals surface area (Å²) in [4.78, 5) is 0. The van der Waals surface area contributed by atoms with Gasteiger partial charge in [-0.3, -0.25) is 0 Å². The molecular weight excluding hydrogens is 211 g/mol. The Morgan fingerprint density at radius 3 is 1.92 bits per heavy atom. The van der Waals surface area contributed by atoms with Crippen LogP contribution in [-0.2, 0) is 5.88 Å². The summed E-state index contributed by atoms with van der Waals surface area (Å²) in [5.41, 5.74) is 0.816. The van der Waals surface area contributed by atoms with Gasteiger partial charge in [-0.1, -0.05) is 11.6 Å². The Bertz CT molecular complexity index is 275. The minimum absolute atomic E-state index is 0.337. The van der Waals surface area contributed by atoms with Crippen LogP contribution in [0.2, 0.25) is 5.02 Å². The van der Waals surface area contributed by atoms with E-state index >= 15 is 0 Å². The van der Waals surface area contributed by atoms with E-state index in [1.807, 2.05) is 0 Å². The van der Waals surface area contributed by atoms with Crippen LogP contribution in [0.25, 0.3) is 0 Å². The first kappa shape index (κ1) is 10.5. The van der Waals surface area contributed by atoms with Crippen molar-refractivity contribution in [3.63, 3.8) is 0 Å². The van der Waals surface area contributed by atoms with Gasteiger partial charge in [0.1, 0.15) is 11.5 Å². The maximum absolute atomic E-state index is 5.83. The lowest BCUT2D eigenvalue weighted by atomic mass is 10.2. The molecule has 0 aliphatic rings. The van der Waals surface area contributed by atoms with E-state index in [9.17, 15) is 0 Å². The van der Waals surface area contributed by atoms with Crippen LogP contribution in [0.3, 0.4) is 0 Å². The molecule has 1 aromatic carbocycles. The summed E-state index contributed by atoms with van der Waals surface area (Å²) in [6.07, 6.45) is 0. The van der Waals surface area contributed by atoms with Crippen molar-refractivity contribution in [1.82, 2.24) is 0 Å². The minimum Gasteiger partial charge on any atom is -0.496 e. The average molecular weight is 221 g/mol. The molecule has 0 aromatic heterocycles. The normalized spacial score (nSPS) is 9.85. The molecule has 0 N–H and O–H groups in total. The number of alkyl halides is 1. The van der Waals surface area contributed by atoms with Gasteiger partial charge in [0, 0.05) is 5.02 Å². The zero-order valence-corrected chi connectivity index (χ0v) is 8.95. The molecule has 2 nitrogen and oxygen atoms in total. The molecule has 0 fully saturated rings. The Morgan fingerprint density at radius 2 is 1.62 bits per heavy atom. The van der Waals surface area contributed by atoms with Gasteiger partial charge < -0.3 is 9.47 Å². The SMILES string of the molecule is COc1cc(Cl)cc(OC)c1CCl. The van der Waals surface area contributed by atoms with Crippen molar-refractivity contribution in [1.29, 1.82) is 0 Å². The first-order valence-electron chi connectivity index (χ1n) is 3.69. The van der Waals surface area contributed by atoms with Crippen LogP contribution in [0.4, 0.5) is 0 Å². The monoisotopic (exact) mass is 220 g/mol. The van der Waals surface area contributed by atoms with Gasteiger partial charge in [0.25, 0.3) is 0 Å². The summed E-state index contributed by atoms with van der Waals surface area (Å²) in [7, 11) is 3.14. The summed E-state index contributed by atoms with van der Waals surface area (Å²) in [6.45, 7) is 0. The van der Waals surface area contributed by atoms with Gasteiger partial charge in [0.15, 0.2) is 0 Å². The number of hydrogen-bond donors (Lipinski definition) is 0. The third-order valence-corrected chi connectivity index (χ3v) is 2.19. The second kappa shape index (κ2) is 4.58. The number of ether oxygens (including phenoxy) is 2. The molecular formula is C9H10Cl2O2. The highest BCUT2D eigenvalue weighted by Crippen LogP contribution is 2.33. The molecule has 13 heavy (non-hydrogen) atoms. The van der Waals surface area contributed by atoms with E-state index in [1.54, 1.807) is 26.4 Å². The summed E-state index contributed by atoms with van der Waals surface area (Å²) >= 11 is 11.6. The van der Waals surface area contributed by atoms with Gasteiger partial charge in [-0.25, -0.2) is 0 Å². The van der Waals surface area contributed by atoms with Crippen molar-refractivity contribution in [3.05, 3.63) is 22.7 Å². The number of hydrogen-bond acceptors (Lipinski definition) is 2. The zero-order chi connectivity index (χ0) is 9.84. The molecule has 72 valence electrons. The number of halogens is 2. The molecule has 0 heterocycles. The summed E-state index contributed by atoms with van der Waals surface area (Å²) in [6, 6.07) is 3.42. The molecule has 1 rings (SSSR count). The van der Waals surface area contributed by atoms with Gasteiger partial charge in [0.05, 0.1) is 25.7 Å². The van der Waals surface area contributed by atoms with Crippen molar-refractivity contribution in [2.45, 2.75) is 5.88 Å². The molecule has 0 unspecified atom stereocenters. The van der Waals surface area contributed by atoms with E-state index in [1.165, 1.54) is 0 Å². The maximum atomic E-state index is 5.83. The van der Waals surface area contributed by atoms with Crippen LogP contribution in [0, 0.1) is 0 Å². The van der Waals surface area contributed by atoms with Crippen molar-refractivity contribution in [2.75, 3.05) is 14.2 Å². The minimum atomic E-state index is 0.337. The van der Waals surface area contributed by atoms with Gasteiger partial charge in [-0.2, -0.15) is 0 Å². The zero-order valence-electron chi connectivity index (χ0n) is 7.43. The quantitative estimate of drug-likeness (QED) is 0.730. The highest BCUT2D eigenvalue weighted by molar-refractivity contribution is 6.31. The number of benzene rings is 1. The van der Waals surface area contributed by atoms with Crippen LogP contribution < -0.4 is 9.47 Å². The maximum Gasteiger partial charge on any atom is 0.128 e. The fourth-order valence-electron chi connectivity index (χ4n) is 1.08. The second-order valence-electron chi connectivity index (χ2n) is 2.42. The van der Waals surface area contributed by atoms with E-state index in [0.717, 1.165) is 5.56 Å². The number of rotatable bonds is 3.